The maximum Gasteiger partial charge on any atom is 0.242 e. The van der Waals surface area contributed by atoms with Gasteiger partial charge in [0.15, 0.2) is 5.43 Å². The molecule has 3 aromatic rings. The van der Waals surface area contributed by atoms with Crippen molar-refractivity contribution in [1.29, 1.82) is 0 Å². The number of pyridine rings is 1. The van der Waals surface area contributed by atoms with Crippen molar-refractivity contribution < 1.29 is 9.53 Å². The molecule has 0 N–H and O–H groups in total. The van der Waals surface area contributed by atoms with Crippen LogP contribution in [0.4, 0.5) is 5.69 Å². The molecule has 2 aromatic carbocycles. The van der Waals surface area contributed by atoms with Gasteiger partial charge in [0.2, 0.25) is 5.91 Å². The molecule has 1 aliphatic heterocycles. The first-order chi connectivity index (χ1) is 14.1. The minimum Gasteiger partial charge on any atom is -0.495 e. The lowest BCUT2D eigenvalue weighted by molar-refractivity contribution is -0.132. The minimum atomic E-state index is -0.0780. The zero-order valence-corrected chi connectivity index (χ0v) is 16.9. The number of rotatable bonds is 4. The van der Waals surface area contributed by atoms with Gasteiger partial charge in [-0.15, -0.1) is 0 Å². The first-order valence-corrected chi connectivity index (χ1v) is 9.89. The summed E-state index contributed by atoms with van der Waals surface area (Å²) in [4.78, 5) is 29.1. The Bertz CT molecular complexity index is 1100. The Kier molecular flexibility index (Phi) is 5.45. The molecule has 1 saturated heterocycles. The second-order valence-electron chi connectivity index (χ2n) is 7.01. The van der Waals surface area contributed by atoms with Gasteiger partial charge in [0.05, 0.1) is 18.3 Å². The van der Waals surface area contributed by atoms with Crippen molar-refractivity contribution in [2.75, 3.05) is 38.2 Å². The molecule has 0 radical (unpaired) electrons. The van der Waals surface area contributed by atoms with Gasteiger partial charge in [-0.1, -0.05) is 23.7 Å². The van der Waals surface area contributed by atoms with E-state index in [1.165, 1.54) is 6.07 Å². The van der Waals surface area contributed by atoms with Crippen LogP contribution in [-0.4, -0.2) is 48.7 Å². The molecule has 0 bridgehead atoms. The largest absolute Gasteiger partial charge is 0.495 e. The number of halogens is 1. The van der Waals surface area contributed by atoms with E-state index in [0.29, 0.717) is 29.0 Å². The fourth-order valence-corrected chi connectivity index (χ4v) is 3.92. The SMILES string of the molecule is COc1ccccc1N1CCN(C(=O)Cn2ccc(=O)c3ccc(Cl)cc32)CC1. The molecule has 1 aliphatic rings. The third kappa shape index (κ3) is 3.93. The minimum absolute atomic E-state index is 0.0228. The molecule has 0 unspecified atom stereocenters. The monoisotopic (exact) mass is 411 g/mol. The second-order valence-corrected chi connectivity index (χ2v) is 7.45. The molecule has 0 spiro atoms. The summed E-state index contributed by atoms with van der Waals surface area (Å²) in [7, 11) is 1.67. The Hall–Kier alpha value is -2.99. The molecule has 4 rings (SSSR count). The molecule has 1 fully saturated rings. The average Bonchev–Trinajstić information content (AvgIpc) is 2.75. The lowest BCUT2D eigenvalue weighted by atomic mass is 10.2. The number of hydrogen-bond donors (Lipinski definition) is 0. The number of hydrogen-bond acceptors (Lipinski definition) is 4. The number of aromatic nitrogens is 1. The van der Waals surface area contributed by atoms with Crippen LogP contribution >= 0.6 is 11.6 Å². The molecule has 1 amide bonds. The predicted molar refractivity (Wildman–Crippen MR) is 115 cm³/mol. The Morgan fingerprint density at radius 1 is 1.07 bits per heavy atom. The summed E-state index contributed by atoms with van der Waals surface area (Å²) >= 11 is 6.10. The number of benzene rings is 2. The lowest BCUT2D eigenvalue weighted by Gasteiger charge is -2.36. The van der Waals surface area contributed by atoms with Crippen molar-refractivity contribution in [1.82, 2.24) is 9.47 Å². The Morgan fingerprint density at radius 2 is 1.83 bits per heavy atom. The zero-order chi connectivity index (χ0) is 20.4. The first-order valence-electron chi connectivity index (χ1n) is 9.51. The molecule has 0 saturated carbocycles. The number of nitrogens with zero attached hydrogens (tertiary/aromatic N) is 3. The Labute approximate surface area is 173 Å². The smallest absolute Gasteiger partial charge is 0.242 e. The quantitative estimate of drug-likeness (QED) is 0.662. The molecule has 2 heterocycles. The van der Waals surface area contributed by atoms with Gasteiger partial charge in [0.1, 0.15) is 12.3 Å². The van der Waals surface area contributed by atoms with Crippen LogP contribution in [0.15, 0.2) is 59.5 Å². The van der Waals surface area contributed by atoms with E-state index >= 15 is 0 Å². The summed E-state index contributed by atoms with van der Waals surface area (Å²) in [5.74, 6) is 0.860. The second kappa shape index (κ2) is 8.17. The Morgan fingerprint density at radius 3 is 2.59 bits per heavy atom. The van der Waals surface area contributed by atoms with Gasteiger partial charge in [-0.25, -0.2) is 0 Å². The van der Waals surface area contributed by atoms with Crippen LogP contribution in [0.1, 0.15) is 0 Å². The van der Waals surface area contributed by atoms with E-state index in [0.717, 1.165) is 24.5 Å². The number of methoxy groups -OCH3 is 1. The number of anilines is 1. The van der Waals surface area contributed by atoms with Crippen LogP contribution in [0, 0.1) is 0 Å². The number of carbonyl (C=O) groups is 1. The van der Waals surface area contributed by atoms with Crippen LogP contribution in [0.5, 0.6) is 5.75 Å². The number of piperazine rings is 1. The summed E-state index contributed by atoms with van der Waals surface area (Å²) in [5, 5.41) is 1.10. The van der Waals surface area contributed by atoms with Gasteiger partial charge in [-0.3, -0.25) is 9.59 Å². The van der Waals surface area contributed by atoms with E-state index in [2.05, 4.69) is 4.90 Å². The first kappa shape index (κ1) is 19.3. The zero-order valence-electron chi connectivity index (χ0n) is 16.2. The van der Waals surface area contributed by atoms with Crippen molar-refractivity contribution in [2.45, 2.75) is 6.54 Å². The lowest BCUT2D eigenvalue weighted by Crippen LogP contribution is -2.49. The van der Waals surface area contributed by atoms with Crippen molar-refractivity contribution in [3.8, 4) is 5.75 Å². The molecule has 150 valence electrons. The van der Waals surface area contributed by atoms with Crippen molar-refractivity contribution in [3.63, 3.8) is 0 Å². The van der Waals surface area contributed by atoms with Crippen molar-refractivity contribution >= 4 is 34.1 Å². The highest BCUT2D eigenvalue weighted by Gasteiger charge is 2.23. The van der Waals surface area contributed by atoms with Gasteiger partial charge in [0, 0.05) is 48.9 Å². The molecule has 0 aliphatic carbocycles. The number of fused-ring (bicyclic) bond motifs is 1. The van der Waals surface area contributed by atoms with E-state index in [1.807, 2.05) is 29.2 Å². The van der Waals surface area contributed by atoms with Crippen LogP contribution in [-0.2, 0) is 11.3 Å². The van der Waals surface area contributed by atoms with Gasteiger partial charge in [0.25, 0.3) is 0 Å². The molecule has 0 atom stereocenters. The summed E-state index contributed by atoms with van der Waals surface area (Å²) < 4.78 is 7.24. The molecular weight excluding hydrogens is 390 g/mol. The maximum atomic E-state index is 12.9. The Balaban J connectivity index is 1.47. The van der Waals surface area contributed by atoms with E-state index in [1.54, 1.807) is 36.1 Å². The van der Waals surface area contributed by atoms with Crippen LogP contribution < -0.4 is 15.1 Å². The standard InChI is InChI=1S/C22H22ClN3O3/c1-29-21-5-3-2-4-18(21)24-10-12-25(13-11-24)22(28)15-26-9-8-20(27)17-7-6-16(23)14-19(17)26/h2-9,14H,10-13,15H2,1H3. The van der Waals surface area contributed by atoms with Gasteiger partial charge in [-0.2, -0.15) is 0 Å². The number of para-hydroxylation sites is 2. The van der Waals surface area contributed by atoms with Gasteiger partial charge >= 0.3 is 0 Å². The average molecular weight is 412 g/mol. The number of ether oxygens (including phenoxy) is 1. The number of amides is 1. The van der Waals surface area contributed by atoms with E-state index in [4.69, 9.17) is 16.3 Å². The summed E-state index contributed by atoms with van der Waals surface area (Å²) in [5.41, 5.74) is 1.64. The highest BCUT2D eigenvalue weighted by Crippen LogP contribution is 2.28. The van der Waals surface area contributed by atoms with Crippen molar-refractivity contribution in [3.05, 3.63) is 70.0 Å². The van der Waals surface area contributed by atoms with E-state index < -0.39 is 0 Å². The third-order valence-electron chi connectivity index (χ3n) is 5.30. The van der Waals surface area contributed by atoms with Gasteiger partial charge < -0.3 is 19.1 Å². The number of carbonyl (C=O) groups excluding carboxylic acids is 1. The van der Waals surface area contributed by atoms with Gasteiger partial charge in [-0.05, 0) is 30.3 Å². The molecule has 29 heavy (non-hydrogen) atoms. The maximum absolute atomic E-state index is 12.9. The molecule has 1 aromatic heterocycles. The fraction of sp³-hybridized carbons (Fsp3) is 0.273. The topological polar surface area (TPSA) is 54.8 Å². The summed E-state index contributed by atoms with van der Waals surface area (Å²) in [6.45, 7) is 2.92. The summed E-state index contributed by atoms with van der Waals surface area (Å²) in [6, 6.07) is 14.5. The highest BCUT2D eigenvalue weighted by atomic mass is 35.5. The summed E-state index contributed by atoms with van der Waals surface area (Å²) in [6.07, 6.45) is 1.66. The van der Waals surface area contributed by atoms with Crippen molar-refractivity contribution in [2.24, 2.45) is 0 Å². The highest BCUT2D eigenvalue weighted by molar-refractivity contribution is 6.31. The predicted octanol–water partition coefficient (Wildman–Crippen LogP) is 3.01. The van der Waals surface area contributed by atoms with E-state index in [9.17, 15) is 9.59 Å². The molecular formula is C22H22ClN3O3. The van der Waals surface area contributed by atoms with Crippen LogP contribution in [0.3, 0.4) is 0 Å². The van der Waals surface area contributed by atoms with E-state index in [-0.39, 0.29) is 17.9 Å². The normalized spacial score (nSPS) is 14.3. The molecule has 6 nitrogen and oxygen atoms in total. The van der Waals surface area contributed by atoms with Crippen LogP contribution in [0.25, 0.3) is 10.9 Å². The molecule has 7 heteroatoms. The fourth-order valence-electron chi connectivity index (χ4n) is 3.75. The third-order valence-corrected chi connectivity index (χ3v) is 5.54. The van der Waals surface area contributed by atoms with Crippen LogP contribution in [0.2, 0.25) is 5.02 Å².